The maximum absolute atomic E-state index is 12.9. The standard InChI is InChI=1S/C12H12FNO2/c13-10-1-2-12-9(4-10)5-11(16-12)3-8(6-14)7-15/h1-2,4,8,11,15H,3,5,7H2. The maximum Gasteiger partial charge on any atom is 0.123 e. The van der Waals surface area contributed by atoms with Gasteiger partial charge in [0, 0.05) is 18.4 Å². The minimum Gasteiger partial charge on any atom is -0.490 e. The highest BCUT2D eigenvalue weighted by atomic mass is 19.1. The van der Waals surface area contributed by atoms with Crippen LogP contribution in [0.5, 0.6) is 5.75 Å². The van der Waals surface area contributed by atoms with E-state index in [4.69, 9.17) is 15.1 Å². The van der Waals surface area contributed by atoms with E-state index in [1.807, 2.05) is 6.07 Å². The van der Waals surface area contributed by atoms with Crippen LogP contribution in [0, 0.1) is 23.1 Å². The fourth-order valence-electron chi connectivity index (χ4n) is 1.91. The number of halogens is 1. The number of aliphatic hydroxyl groups is 1. The molecule has 0 bridgehead atoms. The van der Waals surface area contributed by atoms with Gasteiger partial charge in [0.15, 0.2) is 0 Å². The van der Waals surface area contributed by atoms with Gasteiger partial charge in [-0.15, -0.1) is 0 Å². The average Bonchev–Trinajstić information content (AvgIpc) is 2.67. The molecule has 0 aromatic heterocycles. The van der Waals surface area contributed by atoms with E-state index in [0.717, 1.165) is 5.56 Å². The third-order valence-corrected chi connectivity index (χ3v) is 2.71. The summed E-state index contributed by atoms with van der Waals surface area (Å²) in [4.78, 5) is 0. The molecule has 0 saturated carbocycles. The molecule has 2 atom stereocenters. The lowest BCUT2D eigenvalue weighted by Crippen LogP contribution is -2.19. The summed E-state index contributed by atoms with van der Waals surface area (Å²) in [6.07, 6.45) is 0.947. The topological polar surface area (TPSA) is 53.2 Å². The highest BCUT2D eigenvalue weighted by Crippen LogP contribution is 2.31. The molecule has 1 aliphatic heterocycles. The quantitative estimate of drug-likeness (QED) is 0.844. The van der Waals surface area contributed by atoms with E-state index >= 15 is 0 Å². The van der Waals surface area contributed by atoms with E-state index in [9.17, 15) is 4.39 Å². The molecule has 1 aromatic carbocycles. The first-order valence-electron chi connectivity index (χ1n) is 5.18. The van der Waals surface area contributed by atoms with Gasteiger partial charge in [-0.05, 0) is 18.2 Å². The van der Waals surface area contributed by atoms with Crippen LogP contribution >= 0.6 is 0 Å². The Hall–Kier alpha value is -1.60. The molecule has 0 saturated heterocycles. The van der Waals surface area contributed by atoms with Gasteiger partial charge in [0.2, 0.25) is 0 Å². The Morgan fingerprint density at radius 3 is 3.12 bits per heavy atom. The fraction of sp³-hybridized carbons (Fsp3) is 0.417. The number of nitriles is 1. The van der Waals surface area contributed by atoms with E-state index in [-0.39, 0.29) is 18.5 Å². The summed E-state index contributed by atoms with van der Waals surface area (Å²) in [6.45, 7) is -0.166. The minimum atomic E-state index is -0.413. The van der Waals surface area contributed by atoms with Crippen molar-refractivity contribution in [1.82, 2.24) is 0 Å². The lowest BCUT2D eigenvalue weighted by atomic mass is 10.0. The van der Waals surface area contributed by atoms with Crippen molar-refractivity contribution in [2.75, 3.05) is 6.61 Å². The molecular formula is C12H12FNO2. The third kappa shape index (κ3) is 2.15. The molecule has 0 radical (unpaired) electrons. The third-order valence-electron chi connectivity index (χ3n) is 2.71. The van der Waals surface area contributed by atoms with Crippen molar-refractivity contribution in [2.24, 2.45) is 5.92 Å². The molecule has 0 aliphatic carbocycles. The van der Waals surface area contributed by atoms with Gasteiger partial charge in [0.05, 0.1) is 18.6 Å². The Morgan fingerprint density at radius 1 is 1.62 bits per heavy atom. The van der Waals surface area contributed by atoms with Crippen molar-refractivity contribution >= 4 is 0 Å². The molecule has 0 spiro atoms. The van der Waals surface area contributed by atoms with Crippen molar-refractivity contribution < 1.29 is 14.2 Å². The molecule has 3 nitrogen and oxygen atoms in total. The van der Waals surface area contributed by atoms with Crippen LogP contribution in [0.3, 0.4) is 0 Å². The molecule has 4 heteroatoms. The van der Waals surface area contributed by atoms with Crippen LogP contribution in [0.25, 0.3) is 0 Å². The van der Waals surface area contributed by atoms with Crippen LogP contribution < -0.4 is 4.74 Å². The lowest BCUT2D eigenvalue weighted by molar-refractivity contribution is 0.172. The van der Waals surface area contributed by atoms with Crippen LogP contribution in [-0.4, -0.2) is 17.8 Å². The second-order valence-electron chi connectivity index (χ2n) is 3.94. The molecule has 1 aliphatic rings. The zero-order valence-corrected chi connectivity index (χ0v) is 8.69. The Bertz CT molecular complexity index is 428. The molecule has 1 N–H and O–H groups in total. The number of nitrogens with zero attached hydrogens (tertiary/aromatic N) is 1. The van der Waals surface area contributed by atoms with Gasteiger partial charge in [-0.1, -0.05) is 0 Å². The van der Waals surface area contributed by atoms with Gasteiger partial charge in [0.1, 0.15) is 17.7 Å². The zero-order chi connectivity index (χ0) is 11.5. The SMILES string of the molecule is N#CC(CO)CC1Cc2cc(F)ccc2O1. The highest BCUT2D eigenvalue weighted by molar-refractivity contribution is 5.37. The van der Waals surface area contributed by atoms with Gasteiger partial charge in [0.25, 0.3) is 0 Å². The highest BCUT2D eigenvalue weighted by Gasteiger charge is 2.25. The van der Waals surface area contributed by atoms with Gasteiger partial charge in [-0.2, -0.15) is 5.26 Å². The van der Waals surface area contributed by atoms with Crippen molar-refractivity contribution in [2.45, 2.75) is 18.9 Å². The molecule has 2 unspecified atom stereocenters. The van der Waals surface area contributed by atoms with Gasteiger partial charge >= 0.3 is 0 Å². The number of rotatable bonds is 3. The van der Waals surface area contributed by atoms with Crippen LogP contribution in [-0.2, 0) is 6.42 Å². The molecule has 2 rings (SSSR count). The molecule has 1 heterocycles. The van der Waals surface area contributed by atoms with E-state index in [1.54, 1.807) is 6.07 Å². The molecule has 84 valence electrons. The second kappa shape index (κ2) is 4.50. The average molecular weight is 221 g/mol. The van der Waals surface area contributed by atoms with Crippen molar-refractivity contribution in [3.8, 4) is 11.8 Å². The van der Waals surface area contributed by atoms with E-state index in [0.29, 0.717) is 18.6 Å². The van der Waals surface area contributed by atoms with E-state index < -0.39 is 5.92 Å². The Kier molecular flexibility index (Phi) is 3.07. The van der Waals surface area contributed by atoms with Crippen molar-refractivity contribution in [3.05, 3.63) is 29.6 Å². The summed E-state index contributed by atoms with van der Waals surface area (Å²) >= 11 is 0. The predicted molar refractivity (Wildman–Crippen MR) is 55.3 cm³/mol. The number of hydrogen-bond donors (Lipinski definition) is 1. The second-order valence-corrected chi connectivity index (χ2v) is 3.94. The Morgan fingerprint density at radius 2 is 2.44 bits per heavy atom. The van der Waals surface area contributed by atoms with Gasteiger partial charge in [-0.3, -0.25) is 0 Å². The molecule has 16 heavy (non-hydrogen) atoms. The summed E-state index contributed by atoms with van der Waals surface area (Å²) in [5.41, 5.74) is 0.833. The summed E-state index contributed by atoms with van der Waals surface area (Å²) in [7, 11) is 0. The first-order chi connectivity index (χ1) is 7.72. The number of benzene rings is 1. The largest absolute Gasteiger partial charge is 0.490 e. The minimum absolute atomic E-state index is 0.131. The molecule has 1 aromatic rings. The number of hydrogen-bond acceptors (Lipinski definition) is 3. The van der Waals surface area contributed by atoms with Crippen molar-refractivity contribution in [3.63, 3.8) is 0 Å². The van der Waals surface area contributed by atoms with E-state index in [2.05, 4.69) is 0 Å². The number of aliphatic hydroxyl groups excluding tert-OH is 1. The Balaban J connectivity index is 2.03. The fourth-order valence-corrected chi connectivity index (χ4v) is 1.91. The zero-order valence-electron chi connectivity index (χ0n) is 8.69. The van der Waals surface area contributed by atoms with Crippen molar-refractivity contribution in [1.29, 1.82) is 5.26 Å². The van der Waals surface area contributed by atoms with Crippen LogP contribution in [0.4, 0.5) is 4.39 Å². The molecular weight excluding hydrogens is 209 g/mol. The summed E-state index contributed by atoms with van der Waals surface area (Å²) < 4.78 is 18.5. The summed E-state index contributed by atoms with van der Waals surface area (Å²) in [5.74, 6) is -0.00724. The first-order valence-corrected chi connectivity index (χ1v) is 5.18. The smallest absolute Gasteiger partial charge is 0.123 e. The van der Waals surface area contributed by atoms with E-state index in [1.165, 1.54) is 12.1 Å². The number of ether oxygens (including phenoxy) is 1. The summed E-state index contributed by atoms with van der Waals surface area (Å²) in [5, 5.41) is 17.6. The predicted octanol–water partition coefficient (Wildman–Crippen LogP) is 1.65. The Labute approximate surface area is 93.1 Å². The summed E-state index contributed by atoms with van der Waals surface area (Å²) in [6, 6.07) is 6.43. The van der Waals surface area contributed by atoms with Crippen LogP contribution in [0.15, 0.2) is 18.2 Å². The monoisotopic (exact) mass is 221 g/mol. The maximum atomic E-state index is 12.9. The molecule has 0 amide bonds. The lowest BCUT2D eigenvalue weighted by Gasteiger charge is -2.12. The van der Waals surface area contributed by atoms with Crippen LogP contribution in [0.1, 0.15) is 12.0 Å². The molecule has 0 fully saturated rings. The normalized spacial score (nSPS) is 19.7. The van der Waals surface area contributed by atoms with Crippen LogP contribution in [0.2, 0.25) is 0 Å². The van der Waals surface area contributed by atoms with Gasteiger partial charge < -0.3 is 9.84 Å². The first kappa shape index (κ1) is 10.9. The van der Waals surface area contributed by atoms with Gasteiger partial charge in [-0.25, -0.2) is 4.39 Å². The number of fused-ring (bicyclic) bond motifs is 1.